The van der Waals surface area contributed by atoms with E-state index in [1.165, 1.54) is 16.5 Å². The van der Waals surface area contributed by atoms with Crippen LogP contribution in [0.1, 0.15) is 12.5 Å². The molecule has 0 atom stereocenters. The van der Waals surface area contributed by atoms with E-state index in [1.54, 1.807) is 0 Å². The molecule has 0 fully saturated rings. The van der Waals surface area contributed by atoms with E-state index in [0.29, 0.717) is 0 Å². The Bertz CT molecular complexity index is 432. The largest absolute Gasteiger partial charge is 0.212 e. The average molecular weight is 172 g/mol. The molecule has 0 aliphatic rings. The van der Waals surface area contributed by atoms with Crippen LogP contribution in [0.2, 0.25) is 0 Å². The van der Waals surface area contributed by atoms with Gasteiger partial charge in [-0.1, -0.05) is 12.1 Å². The molecule has 1 aromatic heterocycles. The fourth-order valence-electron chi connectivity index (χ4n) is 1.73. The third kappa shape index (κ3) is 1.42. The van der Waals surface area contributed by atoms with E-state index in [9.17, 15) is 0 Å². The number of aryl methyl sites for hydroxylation is 2. The molecule has 0 aliphatic carbocycles. The lowest BCUT2D eigenvalue weighted by atomic mass is 10.1. The van der Waals surface area contributed by atoms with Crippen LogP contribution in [0.3, 0.4) is 0 Å². The number of pyridine rings is 1. The maximum absolute atomic E-state index is 2.28. The molecule has 0 radical (unpaired) electrons. The maximum Gasteiger partial charge on any atom is 0.212 e. The summed E-state index contributed by atoms with van der Waals surface area (Å²) in [6.45, 7) is 5.34. The van der Waals surface area contributed by atoms with Crippen molar-refractivity contribution in [3.8, 4) is 0 Å². The van der Waals surface area contributed by atoms with Gasteiger partial charge in [-0.2, -0.15) is 4.57 Å². The quantitative estimate of drug-likeness (QED) is 0.582. The van der Waals surface area contributed by atoms with Crippen LogP contribution in [0, 0.1) is 6.92 Å². The first-order valence-electron chi connectivity index (χ1n) is 4.70. The van der Waals surface area contributed by atoms with Crippen molar-refractivity contribution in [3.63, 3.8) is 0 Å². The number of hydrogen-bond acceptors (Lipinski definition) is 0. The monoisotopic (exact) mass is 172 g/mol. The SMILES string of the molecule is CC[n+]1cc(C)cc2ccccc21. The van der Waals surface area contributed by atoms with E-state index in [4.69, 9.17) is 0 Å². The first kappa shape index (κ1) is 8.24. The summed E-state index contributed by atoms with van der Waals surface area (Å²) in [7, 11) is 0. The van der Waals surface area contributed by atoms with Crippen LogP contribution in [0.5, 0.6) is 0 Å². The highest BCUT2D eigenvalue weighted by Gasteiger charge is 2.05. The van der Waals surface area contributed by atoms with Gasteiger partial charge in [-0.3, -0.25) is 0 Å². The first-order chi connectivity index (χ1) is 6.31. The zero-order valence-corrected chi connectivity index (χ0v) is 8.12. The second-order valence-electron chi connectivity index (χ2n) is 3.36. The van der Waals surface area contributed by atoms with Crippen molar-refractivity contribution in [2.24, 2.45) is 0 Å². The summed E-state index contributed by atoms with van der Waals surface area (Å²) in [4.78, 5) is 0. The number of benzene rings is 1. The minimum Gasteiger partial charge on any atom is -0.198 e. The van der Waals surface area contributed by atoms with Crippen molar-refractivity contribution in [2.75, 3.05) is 0 Å². The Labute approximate surface area is 78.6 Å². The van der Waals surface area contributed by atoms with Crippen LogP contribution in [0.4, 0.5) is 0 Å². The van der Waals surface area contributed by atoms with Gasteiger partial charge in [0.05, 0.1) is 0 Å². The highest BCUT2D eigenvalue weighted by Crippen LogP contribution is 2.10. The summed E-state index contributed by atoms with van der Waals surface area (Å²) in [6, 6.07) is 10.7. The van der Waals surface area contributed by atoms with Crippen molar-refractivity contribution in [3.05, 3.63) is 42.1 Å². The van der Waals surface area contributed by atoms with Crippen LogP contribution in [-0.2, 0) is 6.54 Å². The number of nitrogens with zero attached hydrogens (tertiary/aromatic N) is 1. The topological polar surface area (TPSA) is 3.88 Å². The van der Waals surface area contributed by atoms with Gasteiger partial charge in [0.15, 0.2) is 6.20 Å². The van der Waals surface area contributed by atoms with Crippen LogP contribution in [0.15, 0.2) is 36.5 Å². The maximum atomic E-state index is 2.28. The molecular formula is C12H14N+. The van der Waals surface area contributed by atoms with E-state index in [1.807, 2.05) is 0 Å². The van der Waals surface area contributed by atoms with Crippen molar-refractivity contribution in [2.45, 2.75) is 20.4 Å². The fourth-order valence-corrected chi connectivity index (χ4v) is 1.73. The van der Waals surface area contributed by atoms with Crippen molar-refractivity contribution >= 4 is 10.9 Å². The van der Waals surface area contributed by atoms with E-state index in [-0.39, 0.29) is 0 Å². The number of aromatic nitrogens is 1. The number of para-hydroxylation sites is 1. The summed E-state index contributed by atoms with van der Waals surface area (Å²) in [6.07, 6.45) is 2.20. The standard InChI is InChI=1S/C12H14N/c1-3-13-9-10(2)8-11-6-4-5-7-12(11)13/h4-9H,3H2,1-2H3/q+1. The Balaban J connectivity index is 2.81. The van der Waals surface area contributed by atoms with Gasteiger partial charge >= 0.3 is 0 Å². The third-order valence-corrected chi connectivity index (χ3v) is 2.33. The summed E-state index contributed by atoms with van der Waals surface area (Å²) < 4.78 is 2.28. The summed E-state index contributed by atoms with van der Waals surface area (Å²) in [5.74, 6) is 0. The molecular weight excluding hydrogens is 158 g/mol. The van der Waals surface area contributed by atoms with Crippen molar-refractivity contribution in [1.82, 2.24) is 0 Å². The molecule has 1 heterocycles. The normalized spacial score (nSPS) is 10.6. The summed E-state index contributed by atoms with van der Waals surface area (Å²) >= 11 is 0. The van der Waals surface area contributed by atoms with Crippen LogP contribution in [-0.4, -0.2) is 0 Å². The Morgan fingerprint density at radius 3 is 2.77 bits per heavy atom. The van der Waals surface area contributed by atoms with E-state index >= 15 is 0 Å². The molecule has 0 saturated heterocycles. The zero-order chi connectivity index (χ0) is 9.26. The van der Waals surface area contributed by atoms with E-state index < -0.39 is 0 Å². The van der Waals surface area contributed by atoms with Crippen LogP contribution < -0.4 is 4.57 Å². The van der Waals surface area contributed by atoms with Gasteiger partial charge in [0, 0.05) is 17.0 Å². The Morgan fingerprint density at radius 1 is 1.23 bits per heavy atom. The third-order valence-electron chi connectivity index (χ3n) is 2.33. The average Bonchev–Trinajstić information content (AvgIpc) is 2.16. The summed E-state index contributed by atoms with van der Waals surface area (Å²) in [5.41, 5.74) is 2.64. The number of fused-ring (bicyclic) bond motifs is 1. The molecule has 13 heavy (non-hydrogen) atoms. The van der Waals surface area contributed by atoms with E-state index in [2.05, 4.69) is 54.9 Å². The highest BCUT2D eigenvalue weighted by atomic mass is 14.9. The van der Waals surface area contributed by atoms with Gasteiger partial charge in [-0.05, 0) is 26.0 Å². The molecule has 0 N–H and O–H groups in total. The molecule has 1 nitrogen and oxygen atoms in total. The van der Waals surface area contributed by atoms with Crippen LogP contribution in [0.25, 0.3) is 10.9 Å². The predicted octanol–water partition coefficient (Wildman–Crippen LogP) is 2.46. The predicted molar refractivity (Wildman–Crippen MR) is 54.6 cm³/mol. The van der Waals surface area contributed by atoms with Gasteiger partial charge < -0.3 is 0 Å². The second-order valence-corrected chi connectivity index (χ2v) is 3.36. The zero-order valence-electron chi connectivity index (χ0n) is 8.12. The van der Waals surface area contributed by atoms with Gasteiger partial charge in [-0.15, -0.1) is 0 Å². The highest BCUT2D eigenvalue weighted by molar-refractivity contribution is 5.75. The minimum atomic E-state index is 1.03. The van der Waals surface area contributed by atoms with Gasteiger partial charge in [0.1, 0.15) is 6.54 Å². The fraction of sp³-hybridized carbons (Fsp3) is 0.250. The van der Waals surface area contributed by atoms with Gasteiger partial charge in [0.25, 0.3) is 0 Å². The first-order valence-corrected chi connectivity index (χ1v) is 4.70. The van der Waals surface area contributed by atoms with Crippen LogP contribution >= 0.6 is 0 Å². The van der Waals surface area contributed by atoms with E-state index in [0.717, 1.165) is 6.54 Å². The lowest BCUT2D eigenvalue weighted by molar-refractivity contribution is -0.668. The molecule has 66 valence electrons. The van der Waals surface area contributed by atoms with Crippen molar-refractivity contribution < 1.29 is 4.57 Å². The molecule has 0 unspecified atom stereocenters. The molecule has 0 bridgehead atoms. The van der Waals surface area contributed by atoms with Gasteiger partial charge in [-0.25, -0.2) is 0 Å². The lowest BCUT2D eigenvalue weighted by Crippen LogP contribution is -2.32. The number of hydrogen-bond donors (Lipinski definition) is 0. The molecule has 2 rings (SSSR count). The molecule has 0 amide bonds. The Hall–Kier alpha value is -1.37. The smallest absolute Gasteiger partial charge is 0.198 e. The second kappa shape index (κ2) is 3.17. The Morgan fingerprint density at radius 2 is 2.00 bits per heavy atom. The molecule has 0 spiro atoms. The molecule has 0 aliphatic heterocycles. The van der Waals surface area contributed by atoms with Gasteiger partial charge in [0.2, 0.25) is 5.52 Å². The molecule has 1 aromatic carbocycles. The molecule has 0 saturated carbocycles. The minimum absolute atomic E-state index is 1.03. The number of rotatable bonds is 1. The molecule has 1 heteroatoms. The molecule has 2 aromatic rings. The summed E-state index contributed by atoms with van der Waals surface area (Å²) in [5, 5.41) is 1.32. The lowest BCUT2D eigenvalue weighted by Gasteiger charge is -1.99. The Kier molecular flexibility index (Phi) is 2.01. The van der Waals surface area contributed by atoms with Crippen molar-refractivity contribution in [1.29, 1.82) is 0 Å².